The van der Waals surface area contributed by atoms with Crippen LogP contribution in [0.1, 0.15) is 12.0 Å². The molecule has 0 aliphatic carbocycles. The summed E-state index contributed by atoms with van der Waals surface area (Å²) in [6.07, 6.45) is 0.657. The Morgan fingerprint density at radius 2 is 1.91 bits per heavy atom. The zero-order valence-corrected chi connectivity index (χ0v) is 19.6. The van der Waals surface area contributed by atoms with Crippen LogP contribution in [0, 0.1) is 5.92 Å². The Hall–Kier alpha value is -3.56. The highest BCUT2D eigenvalue weighted by molar-refractivity contribution is 5.80. The minimum Gasteiger partial charge on any atom is -0.497 e. The fourth-order valence-corrected chi connectivity index (χ4v) is 4.83. The second-order valence-electron chi connectivity index (χ2n) is 8.94. The second kappa shape index (κ2) is 9.97. The van der Waals surface area contributed by atoms with Gasteiger partial charge in [-0.3, -0.25) is 19.1 Å². The first-order valence-corrected chi connectivity index (χ1v) is 11.8. The third-order valence-corrected chi connectivity index (χ3v) is 6.73. The molecule has 0 spiro atoms. The van der Waals surface area contributed by atoms with Crippen molar-refractivity contribution in [2.24, 2.45) is 5.92 Å². The Morgan fingerprint density at radius 1 is 1.11 bits per heavy atom. The van der Waals surface area contributed by atoms with Crippen molar-refractivity contribution in [1.82, 2.24) is 14.8 Å². The number of aromatic nitrogens is 1. The first-order chi connectivity index (χ1) is 17.0. The highest BCUT2D eigenvalue weighted by Gasteiger charge is 2.34. The van der Waals surface area contributed by atoms with E-state index in [2.05, 4.69) is 5.32 Å². The number of hydrogen-bond donors (Lipinski definition) is 2. The van der Waals surface area contributed by atoms with Gasteiger partial charge in [0.05, 0.1) is 25.2 Å². The highest BCUT2D eigenvalue weighted by Crippen LogP contribution is 2.31. The van der Waals surface area contributed by atoms with Gasteiger partial charge in [0.15, 0.2) is 11.5 Å². The number of carboxylic acid groups (broad SMARTS) is 1. The molecule has 9 heteroatoms. The maximum atomic E-state index is 12.7. The fraction of sp³-hybridized carbons (Fsp3) is 0.385. The molecule has 5 rings (SSSR count). The number of nitrogens with one attached hydrogen (secondary N) is 1. The molecule has 9 nitrogen and oxygen atoms in total. The van der Waals surface area contributed by atoms with Crippen LogP contribution in [0.15, 0.2) is 53.3 Å². The van der Waals surface area contributed by atoms with Crippen LogP contribution >= 0.6 is 0 Å². The Morgan fingerprint density at radius 3 is 2.71 bits per heavy atom. The maximum absolute atomic E-state index is 12.7. The molecule has 2 N–H and O–H groups in total. The van der Waals surface area contributed by atoms with Crippen LogP contribution < -0.4 is 25.1 Å². The van der Waals surface area contributed by atoms with E-state index in [0.29, 0.717) is 51.7 Å². The molecule has 2 atom stereocenters. The Kier molecular flexibility index (Phi) is 6.61. The molecule has 0 saturated carbocycles. The van der Waals surface area contributed by atoms with Crippen LogP contribution in [0.5, 0.6) is 17.2 Å². The van der Waals surface area contributed by atoms with Crippen LogP contribution in [-0.2, 0) is 18.0 Å². The molecular formula is C26H29N3O6. The van der Waals surface area contributed by atoms with Gasteiger partial charge in [0.2, 0.25) is 0 Å². The zero-order chi connectivity index (χ0) is 24.4. The van der Waals surface area contributed by atoms with Gasteiger partial charge in [-0.25, -0.2) is 0 Å². The van der Waals surface area contributed by atoms with Crippen molar-refractivity contribution >= 4 is 16.9 Å². The molecule has 3 aromatic rings. The van der Waals surface area contributed by atoms with Gasteiger partial charge in [0.25, 0.3) is 5.56 Å². The molecular weight excluding hydrogens is 450 g/mol. The van der Waals surface area contributed by atoms with E-state index < -0.39 is 11.9 Å². The first-order valence-electron chi connectivity index (χ1n) is 11.8. The van der Waals surface area contributed by atoms with Crippen LogP contribution in [0.2, 0.25) is 0 Å². The topological polar surface area (TPSA) is 102 Å². The number of likely N-dealkylation sites (tertiary alicyclic amines) is 1. The number of ether oxygens (including phenoxy) is 3. The lowest BCUT2D eigenvalue weighted by Crippen LogP contribution is -2.52. The lowest BCUT2D eigenvalue weighted by molar-refractivity contribution is -0.145. The normalized spacial score (nSPS) is 20.0. The number of benzene rings is 2. The summed E-state index contributed by atoms with van der Waals surface area (Å²) >= 11 is 0. The lowest BCUT2D eigenvalue weighted by Gasteiger charge is -2.37. The molecule has 2 aliphatic rings. The molecule has 35 heavy (non-hydrogen) atoms. The number of hydrogen-bond acceptors (Lipinski definition) is 7. The summed E-state index contributed by atoms with van der Waals surface area (Å²) in [5.74, 6) is 0.681. The predicted octanol–water partition coefficient (Wildman–Crippen LogP) is 2.30. The lowest BCUT2D eigenvalue weighted by atomic mass is 9.92. The largest absolute Gasteiger partial charge is 0.497 e. The number of carboxylic acids is 1. The Balaban J connectivity index is 1.28. The van der Waals surface area contributed by atoms with E-state index in [1.165, 1.54) is 0 Å². The first kappa shape index (κ1) is 23.2. The second-order valence-corrected chi connectivity index (χ2v) is 8.94. The Labute approximate surface area is 202 Å². The molecule has 1 saturated heterocycles. The van der Waals surface area contributed by atoms with Gasteiger partial charge < -0.3 is 24.6 Å². The van der Waals surface area contributed by atoms with Crippen LogP contribution in [-0.4, -0.2) is 60.0 Å². The van der Waals surface area contributed by atoms with Gasteiger partial charge in [0, 0.05) is 37.8 Å². The third kappa shape index (κ3) is 4.96. The number of piperidine rings is 1. The number of fused-ring (bicyclic) bond motifs is 2. The van der Waals surface area contributed by atoms with E-state index in [1.54, 1.807) is 23.8 Å². The summed E-state index contributed by atoms with van der Waals surface area (Å²) in [7, 11) is 1.59. The summed E-state index contributed by atoms with van der Waals surface area (Å²) in [5.41, 5.74) is 1.65. The minimum absolute atomic E-state index is 0.128. The van der Waals surface area contributed by atoms with E-state index >= 15 is 0 Å². The van der Waals surface area contributed by atoms with Crippen molar-refractivity contribution in [3.63, 3.8) is 0 Å². The Bertz CT molecular complexity index is 1290. The van der Waals surface area contributed by atoms with Gasteiger partial charge >= 0.3 is 5.97 Å². The van der Waals surface area contributed by atoms with Crippen LogP contribution in [0.3, 0.4) is 0 Å². The zero-order valence-electron chi connectivity index (χ0n) is 19.6. The summed E-state index contributed by atoms with van der Waals surface area (Å²) in [6.45, 7) is 2.95. The van der Waals surface area contributed by atoms with Crippen LogP contribution in [0.4, 0.5) is 0 Å². The number of pyridine rings is 1. The highest BCUT2D eigenvalue weighted by atomic mass is 16.6. The minimum atomic E-state index is -0.846. The monoisotopic (exact) mass is 479 g/mol. The van der Waals surface area contributed by atoms with Crippen molar-refractivity contribution in [1.29, 1.82) is 0 Å². The average Bonchev–Trinajstić information content (AvgIpc) is 2.89. The summed E-state index contributed by atoms with van der Waals surface area (Å²) in [4.78, 5) is 26.9. The summed E-state index contributed by atoms with van der Waals surface area (Å²) < 4.78 is 18.2. The molecule has 0 amide bonds. The number of rotatable bonds is 7. The van der Waals surface area contributed by atoms with Crippen molar-refractivity contribution in [2.75, 3.05) is 33.4 Å². The van der Waals surface area contributed by atoms with E-state index in [4.69, 9.17) is 14.2 Å². The molecule has 0 bridgehead atoms. The fourth-order valence-electron chi connectivity index (χ4n) is 4.83. The number of nitrogens with zero attached hydrogens (tertiary/aromatic N) is 2. The van der Waals surface area contributed by atoms with E-state index in [1.807, 2.05) is 41.3 Å². The van der Waals surface area contributed by atoms with Gasteiger partial charge in [-0.15, -0.1) is 0 Å². The van der Waals surface area contributed by atoms with Crippen molar-refractivity contribution < 1.29 is 24.1 Å². The van der Waals surface area contributed by atoms with Crippen molar-refractivity contribution in [3.05, 3.63) is 64.4 Å². The molecule has 2 aliphatic heterocycles. The molecule has 3 heterocycles. The van der Waals surface area contributed by atoms with E-state index in [0.717, 1.165) is 28.0 Å². The number of methoxy groups -OCH3 is 1. The third-order valence-electron chi connectivity index (χ3n) is 6.73. The molecule has 1 fully saturated rings. The van der Waals surface area contributed by atoms with E-state index in [-0.39, 0.29) is 11.6 Å². The standard InChI is InChI=1S/C26H29N3O6/c1-33-19-5-3-18-4-7-25(30)29(22(18)13-19)16-28-9-8-21(20(15-28)26(31)32)27-14-17-2-6-23-24(12-17)35-11-10-34-23/h2-7,12-13,20-21,27H,8-11,14-16H2,1H3,(H,31,32). The molecule has 2 unspecified atom stereocenters. The molecule has 184 valence electrons. The SMILES string of the molecule is COc1ccc2ccc(=O)n(CN3CCC(NCc4ccc5c(c4)OCCO5)C(C(=O)O)C3)c2c1. The number of carbonyl (C=O) groups is 1. The van der Waals surface area contributed by atoms with Gasteiger partial charge in [-0.2, -0.15) is 0 Å². The quantitative estimate of drug-likeness (QED) is 0.532. The van der Waals surface area contributed by atoms with Gasteiger partial charge in [0.1, 0.15) is 19.0 Å². The van der Waals surface area contributed by atoms with Crippen molar-refractivity contribution in [3.8, 4) is 17.2 Å². The van der Waals surface area contributed by atoms with Crippen LogP contribution in [0.25, 0.3) is 10.9 Å². The van der Waals surface area contributed by atoms with Gasteiger partial charge in [-0.05, 0) is 47.7 Å². The molecule has 2 aromatic carbocycles. The summed E-state index contributed by atoms with van der Waals surface area (Å²) in [6, 6.07) is 14.6. The average molecular weight is 480 g/mol. The van der Waals surface area contributed by atoms with E-state index in [9.17, 15) is 14.7 Å². The molecule has 1 aromatic heterocycles. The van der Waals surface area contributed by atoms with Crippen molar-refractivity contribution in [2.45, 2.75) is 25.7 Å². The predicted molar refractivity (Wildman–Crippen MR) is 130 cm³/mol. The summed E-state index contributed by atoms with van der Waals surface area (Å²) in [5, 5.41) is 14.3. The number of aliphatic carboxylic acids is 1. The maximum Gasteiger partial charge on any atom is 0.309 e. The van der Waals surface area contributed by atoms with Gasteiger partial charge in [-0.1, -0.05) is 6.07 Å². The molecule has 0 radical (unpaired) electrons. The smallest absolute Gasteiger partial charge is 0.309 e.